The molecule has 1 aromatic rings. The number of urea groups is 1. The lowest BCUT2D eigenvalue weighted by atomic mass is 9.80. The lowest BCUT2D eigenvalue weighted by molar-refractivity contribution is -0.143. The molecule has 11 heteroatoms. The number of nitrogens with zero attached hydrogens (tertiary/aromatic N) is 1. The van der Waals surface area contributed by atoms with Crippen molar-refractivity contribution in [3.05, 3.63) is 29.8 Å². The van der Waals surface area contributed by atoms with Crippen molar-refractivity contribution in [3.63, 3.8) is 0 Å². The van der Waals surface area contributed by atoms with E-state index in [2.05, 4.69) is 36.7 Å². The van der Waals surface area contributed by atoms with Crippen molar-refractivity contribution in [2.24, 2.45) is 17.1 Å². The van der Waals surface area contributed by atoms with Crippen molar-refractivity contribution >= 4 is 29.5 Å². The topological polar surface area (TPSA) is 171 Å². The molecule has 0 spiro atoms. The fourth-order valence-corrected chi connectivity index (χ4v) is 6.22. The van der Waals surface area contributed by atoms with Crippen molar-refractivity contribution in [1.82, 2.24) is 20.9 Å². The second kappa shape index (κ2) is 23.0. The molecule has 284 valence electrons. The monoisotopic (exact) mass is 702 g/mol. The van der Waals surface area contributed by atoms with Gasteiger partial charge < -0.3 is 31.7 Å². The van der Waals surface area contributed by atoms with Gasteiger partial charge in [0.2, 0.25) is 17.6 Å². The molecule has 5 amide bonds. The van der Waals surface area contributed by atoms with Crippen LogP contribution in [-0.2, 0) is 25.6 Å². The molecule has 0 radical (unpaired) electrons. The SMILES string of the molecule is CC.CCC.CCCCCCC(Cc1cccc(O)c1)NC(=O)NC(C(=O)N1CCC[C@H]1C(=O)NC(CC1CCC1)C(=O)C(N)=O)C(C)(C)C. The molecule has 1 aromatic carbocycles. The van der Waals surface area contributed by atoms with Crippen LogP contribution in [0.2, 0.25) is 0 Å². The van der Waals surface area contributed by atoms with Crippen LogP contribution in [0.5, 0.6) is 5.75 Å². The lowest BCUT2D eigenvalue weighted by Gasteiger charge is -2.36. The molecule has 2 aliphatic rings. The van der Waals surface area contributed by atoms with Crippen LogP contribution in [0.25, 0.3) is 0 Å². The number of primary amides is 1. The van der Waals surface area contributed by atoms with E-state index in [4.69, 9.17) is 5.73 Å². The molecule has 1 aliphatic heterocycles. The van der Waals surface area contributed by atoms with Crippen molar-refractivity contribution < 1.29 is 29.1 Å². The van der Waals surface area contributed by atoms with Gasteiger partial charge in [0.25, 0.3) is 5.91 Å². The summed E-state index contributed by atoms with van der Waals surface area (Å²) in [4.78, 5) is 66.5. The highest BCUT2D eigenvalue weighted by Gasteiger charge is 2.43. The predicted molar refractivity (Wildman–Crippen MR) is 199 cm³/mol. The van der Waals surface area contributed by atoms with Gasteiger partial charge in [-0.15, -0.1) is 0 Å². The number of unbranched alkanes of at least 4 members (excludes halogenated alkanes) is 3. The van der Waals surface area contributed by atoms with Gasteiger partial charge in [0.15, 0.2) is 0 Å². The predicted octanol–water partition coefficient (Wildman–Crippen LogP) is 6.15. The van der Waals surface area contributed by atoms with Crippen LogP contribution in [0.15, 0.2) is 24.3 Å². The van der Waals surface area contributed by atoms with Crippen LogP contribution in [0, 0.1) is 11.3 Å². The largest absolute Gasteiger partial charge is 0.508 e. The maximum absolute atomic E-state index is 14.0. The molecule has 1 saturated heterocycles. The first kappa shape index (κ1) is 44.4. The maximum atomic E-state index is 14.0. The first-order valence-corrected chi connectivity index (χ1v) is 19.0. The van der Waals surface area contributed by atoms with Crippen LogP contribution in [0.3, 0.4) is 0 Å². The Balaban J connectivity index is 0.00000237. The molecular formula is C39H67N5O6. The molecule has 3 unspecified atom stereocenters. The maximum Gasteiger partial charge on any atom is 0.315 e. The van der Waals surface area contributed by atoms with Gasteiger partial charge in [0.1, 0.15) is 17.8 Å². The van der Waals surface area contributed by atoms with Gasteiger partial charge in [-0.1, -0.05) is 119 Å². The number of ketones is 1. The van der Waals surface area contributed by atoms with E-state index in [1.54, 1.807) is 18.2 Å². The molecule has 50 heavy (non-hydrogen) atoms. The second-order valence-electron chi connectivity index (χ2n) is 14.6. The van der Waals surface area contributed by atoms with Crippen LogP contribution in [0.4, 0.5) is 4.79 Å². The number of likely N-dealkylation sites (tertiary alicyclic amines) is 1. The van der Waals surface area contributed by atoms with E-state index in [1.807, 2.05) is 40.7 Å². The van der Waals surface area contributed by atoms with E-state index in [0.29, 0.717) is 32.2 Å². The van der Waals surface area contributed by atoms with Crippen LogP contribution < -0.4 is 21.7 Å². The fourth-order valence-electron chi connectivity index (χ4n) is 6.22. The normalized spacial score (nSPS) is 17.4. The highest BCUT2D eigenvalue weighted by atomic mass is 16.3. The number of nitrogens with one attached hydrogen (secondary N) is 3. The number of rotatable bonds is 16. The van der Waals surface area contributed by atoms with Gasteiger partial charge in [-0.3, -0.25) is 19.2 Å². The molecule has 11 nitrogen and oxygen atoms in total. The van der Waals surface area contributed by atoms with Gasteiger partial charge in [-0.05, 0) is 61.1 Å². The number of aromatic hydroxyl groups is 1. The van der Waals surface area contributed by atoms with E-state index >= 15 is 0 Å². The minimum Gasteiger partial charge on any atom is -0.508 e. The quantitative estimate of drug-likeness (QED) is 0.102. The number of nitrogens with two attached hydrogens (primary N) is 1. The zero-order chi connectivity index (χ0) is 37.9. The summed E-state index contributed by atoms with van der Waals surface area (Å²) in [6.45, 7) is 16.3. The third kappa shape index (κ3) is 15.1. The molecule has 4 atom stereocenters. The van der Waals surface area contributed by atoms with E-state index in [1.165, 1.54) is 11.3 Å². The highest BCUT2D eigenvalue weighted by molar-refractivity contribution is 6.37. The van der Waals surface area contributed by atoms with E-state index in [9.17, 15) is 29.1 Å². The lowest BCUT2D eigenvalue weighted by Crippen LogP contribution is -2.60. The van der Waals surface area contributed by atoms with Crippen molar-refractivity contribution in [1.29, 1.82) is 0 Å². The average molecular weight is 702 g/mol. The standard InChI is InChI=1S/C34H53N5O6.C3H8.C2H6/c1-5-6-7-8-15-24(19-23-14-10-16-25(40)20-23)36-33(45)38-29(34(2,3)4)32(44)39-18-11-17-27(39)31(43)37-26(28(41)30(35)42)21-22-12-9-13-22;1-3-2;1-2/h10,14,16,20,22,24,26-27,29,40H,5-9,11-13,15,17-19,21H2,1-4H3,(H2,35,42)(H,37,43)(H2,36,38,45);3H2,1-2H3;1-2H3/t24?,26?,27-,29?;;/m0../s1. The van der Waals surface area contributed by atoms with Gasteiger partial charge in [0.05, 0.1) is 6.04 Å². The molecule has 1 aliphatic carbocycles. The second-order valence-corrected chi connectivity index (χ2v) is 14.6. The van der Waals surface area contributed by atoms with E-state index < -0.39 is 47.2 Å². The van der Waals surface area contributed by atoms with Gasteiger partial charge in [0, 0.05) is 12.6 Å². The Morgan fingerprint density at radius 1 is 0.940 bits per heavy atom. The molecular weight excluding hydrogens is 634 g/mol. The third-order valence-electron chi connectivity index (χ3n) is 9.03. The van der Waals surface area contributed by atoms with Gasteiger partial charge in [-0.25, -0.2) is 4.79 Å². The summed E-state index contributed by atoms with van der Waals surface area (Å²) in [6.07, 6.45) is 11.0. The Hall–Kier alpha value is -3.63. The van der Waals surface area contributed by atoms with Gasteiger partial charge >= 0.3 is 6.03 Å². The van der Waals surface area contributed by atoms with Crippen LogP contribution in [-0.4, -0.2) is 70.3 Å². The zero-order valence-corrected chi connectivity index (χ0v) is 32.1. The number of Topliss-reactive ketones (excluding diaryl/α,β-unsaturated/α-hetero) is 1. The Bertz CT molecular complexity index is 1210. The molecule has 1 saturated carbocycles. The summed E-state index contributed by atoms with van der Waals surface area (Å²) in [6, 6.07) is 3.53. The Labute approximate surface area is 301 Å². The first-order chi connectivity index (χ1) is 23.7. The number of hydrogen-bond donors (Lipinski definition) is 5. The minimum atomic E-state index is -1.09. The van der Waals surface area contributed by atoms with Crippen molar-refractivity contribution in [3.8, 4) is 5.75 Å². The Morgan fingerprint density at radius 2 is 1.60 bits per heavy atom. The summed E-state index contributed by atoms with van der Waals surface area (Å²) < 4.78 is 0. The summed E-state index contributed by atoms with van der Waals surface area (Å²) in [5.74, 6) is -2.37. The molecule has 0 bridgehead atoms. The van der Waals surface area contributed by atoms with Crippen LogP contribution in [0.1, 0.15) is 138 Å². The average Bonchev–Trinajstić information content (AvgIpc) is 3.53. The number of benzene rings is 1. The Kier molecular flexibility index (Phi) is 20.4. The zero-order valence-electron chi connectivity index (χ0n) is 32.1. The molecule has 6 N–H and O–H groups in total. The molecule has 3 rings (SSSR count). The van der Waals surface area contributed by atoms with Crippen LogP contribution >= 0.6 is 0 Å². The van der Waals surface area contributed by atoms with Crippen molar-refractivity contribution in [2.75, 3.05) is 6.54 Å². The smallest absolute Gasteiger partial charge is 0.315 e. The summed E-state index contributed by atoms with van der Waals surface area (Å²) in [5.41, 5.74) is 5.50. The van der Waals surface area contributed by atoms with E-state index in [-0.39, 0.29) is 23.6 Å². The fraction of sp³-hybridized carbons (Fsp3) is 0.718. The number of hydrogen-bond acceptors (Lipinski definition) is 6. The number of phenolic OH excluding ortho intramolecular Hbond substituents is 1. The first-order valence-electron chi connectivity index (χ1n) is 19.0. The highest BCUT2D eigenvalue weighted by Crippen LogP contribution is 2.31. The van der Waals surface area contributed by atoms with Crippen molar-refractivity contribution in [2.45, 2.75) is 163 Å². The number of carbonyl (C=O) groups is 5. The molecule has 1 heterocycles. The number of amides is 5. The number of phenols is 1. The summed E-state index contributed by atoms with van der Waals surface area (Å²) in [7, 11) is 0. The van der Waals surface area contributed by atoms with E-state index in [0.717, 1.165) is 56.9 Å². The minimum absolute atomic E-state index is 0.164. The Morgan fingerprint density at radius 3 is 2.14 bits per heavy atom. The summed E-state index contributed by atoms with van der Waals surface area (Å²) in [5, 5.41) is 18.6. The van der Waals surface area contributed by atoms with Gasteiger partial charge in [-0.2, -0.15) is 0 Å². The summed E-state index contributed by atoms with van der Waals surface area (Å²) >= 11 is 0. The number of carbonyl (C=O) groups excluding carboxylic acids is 5. The third-order valence-corrected chi connectivity index (χ3v) is 9.03. The molecule has 2 fully saturated rings. The molecule has 0 aromatic heterocycles.